The summed E-state index contributed by atoms with van der Waals surface area (Å²) in [4.78, 5) is 12.2. The Morgan fingerprint density at radius 2 is 2.16 bits per heavy atom. The molecule has 0 bridgehead atoms. The van der Waals surface area contributed by atoms with Gasteiger partial charge in [-0.3, -0.25) is 4.79 Å². The predicted octanol–water partition coefficient (Wildman–Crippen LogP) is 2.55. The zero-order chi connectivity index (χ0) is 18.4. The minimum Gasteiger partial charge on any atom is -0.385 e. The van der Waals surface area contributed by atoms with E-state index in [4.69, 9.17) is 27.9 Å². The lowest BCUT2D eigenvalue weighted by molar-refractivity contribution is -0.126. The van der Waals surface area contributed by atoms with Gasteiger partial charge in [0.1, 0.15) is 4.90 Å². The highest BCUT2D eigenvalue weighted by molar-refractivity contribution is 7.89. The van der Waals surface area contributed by atoms with Gasteiger partial charge in [-0.2, -0.15) is 4.31 Å². The van der Waals surface area contributed by atoms with Crippen LogP contribution >= 0.6 is 23.2 Å². The van der Waals surface area contributed by atoms with Gasteiger partial charge in [0, 0.05) is 38.4 Å². The number of carbonyl (C=O) groups is 1. The molecule has 1 saturated heterocycles. The highest BCUT2D eigenvalue weighted by atomic mass is 35.5. The molecular formula is C16H22Cl2N2O4S. The van der Waals surface area contributed by atoms with Gasteiger partial charge in [0.05, 0.1) is 10.9 Å². The number of hydrogen-bond donors (Lipinski definition) is 1. The maximum absolute atomic E-state index is 12.9. The Hall–Kier alpha value is -0.860. The lowest BCUT2D eigenvalue weighted by atomic mass is 9.99. The third-order valence-electron chi connectivity index (χ3n) is 4.09. The summed E-state index contributed by atoms with van der Waals surface area (Å²) in [5, 5.41) is 3.25. The van der Waals surface area contributed by atoms with Crippen LogP contribution in [0.25, 0.3) is 0 Å². The monoisotopic (exact) mass is 408 g/mol. The molecule has 1 aliphatic heterocycles. The van der Waals surface area contributed by atoms with Crippen molar-refractivity contribution < 1.29 is 17.9 Å². The van der Waals surface area contributed by atoms with Gasteiger partial charge in [-0.15, -0.1) is 0 Å². The summed E-state index contributed by atoms with van der Waals surface area (Å²) < 4.78 is 32.0. The number of carbonyl (C=O) groups excluding carboxylic acids is 1. The minimum absolute atomic E-state index is 0.0252. The van der Waals surface area contributed by atoms with Crippen LogP contribution in [-0.4, -0.2) is 52.0 Å². The average molecular weight is 409 g/mol. The van der Waals surface area contributed by atoms with Crippen LogP contribution in [0.5, 0.6) is 0 Å². The van der Waals surface area contributed by atoms with Crippen molar-refractivity contribution in [2.75, 3.05) is 33.4 Å². The van der Waals surface area contributed by atoms with Gasteiger partial charge in [0.2, 0.25) is 15.9 Å². The normalized spacial score (nSPS) is 18.9. The van der Waals surface area contributed by atoms with E-state index in [0.29, 0.717) is 37.6 Å². The molecule has 6 nitrogen and oxygen atoms in total. The summed E-state index contributed by atoms with van der Waals surface area (Å²) >= 11 is 11.9. The Morgan fingerprint density at radius 1 is 1.40 bits per heavy atom. The number of methoxy groups -OCH3 is 1. The Morgan fingerprint density at radius 3 is 2.88 bits per heavy atom. The molecule has 0 radical (unpaired) electrons. The number of halogens is 2. The van der Waals surface area contributed by atoms with Crippen LogP contribution in [-0.2, 0) is 19.6 Å². The molecular weight excluding hydrogens is 387 g/mol. The van der Waals surface area contributed by atoms with E-state index in [-0.39, 0.29) is 28.3 Å². The number of benzene rings is 1. The van der Waals surface area contributed by atoms with Crippen molar-refractivity contribution in [3.05, 3.63) is 28.2 Å². The lowest BCUT2D eigenvalue weighted by Crippen LogP contribution is -2.45. The predicted molar refractivity (Wildman–Crippen MR) is 97.4 cm³/mol. The highest BCUT2D eigenvalue weighted by Gasteiger charge is 2.34. The van der Waals surface area contributed by atoms with E-state index in [1.165, 1.54) is 22.5 Å². The number of piperidine rings is 1. The fourth-order valence-corrected chi connectivity index (χ4v) is 5.02. The molecule has 9 heteroatoms. The number of amides is 1. The van der Waals surface area contributed by atoms with Gasteiger partial charge >= 0.3 is 0 Å². The quantitative estimate of drug-likeness (QED) is 0.703. The Bertz CT molecular complexity index is 712. The minimum atomic E-state index is -3.79. The number of sulfonamides is 1. The van der Waals surface area contributed by atoms with E-state index in [1.54, 1.807) is 7.11 Å². The van der Waals surface area contributed by atoms with Crippen LogP contribution in [0.1, 0.15) is 19.3 Å². The number of nitrogens with one attached hydrogen (secondary N) is 1. The van der Waals surface area contributed by atoms with Gasteiger partial charge in [-0.25, -0.2) is 8.42 Å². The van der Waals surface area contributed by atoms with Crippen LogP contribution in [0.4, 0.5) is 0 Å². The average Bonchev–Trinajstić information content (AvgIpc) is 2.60. The molecule has 1 fully saturated rings. The summed E-state index contributed by atoms with van der Waals surface area (Å²) in [6, 6.07) is 4.34. The van der Waals surface area contributed by atoms with Crippen molar-refractivity contribution in [2.24, 2.45) is 5.92 Å². The van der Waals surface area contributed by atoms with Gasteiger partial charge in [0.25, 0.3) is 0 Å². The molecule has 1 heterocycles. The topological polar surface area (TPSA) is 75.7 Å². The SMILES string of the molecule is COCCCNC(=O)C1CCCN(S(=O)(=O)c2cc(Cl)ccc2Cl)C1. The molecule has 0 saturated carbocycles. The van der Waals surface area contributed by atoms with Crippen molar-refractivity contribution in [3.8, 4) is 0 Å². The summed E-state index contributed by atoms with van der Waals surface area (Å²) in [5.74, 6) is -0.503. The maximum Gasteiger partial charge on any atom is 0.244 e. The molecule has 1 aromatic rings. The molecule has 1 atom stereocenters. The molecule has 25 heavy (non-hydrogen) atoms. The van der Waals surface area contributed by atoms with Crippen molar-refractivity contribution in [2.45, 2.75) is 24.2 Å². The molecule has 2 rings (SSSR count). The number of ether oxygens (including phenoxy) is 1. The summed E-state index contributed by atoms with van der Waals surface area (Å²) in [6.45, 7) is 1.58. The van der Waals surface area contributed by atoms with Crippen LogP contribution in [0.15, 0.2) is 23.1 Å². The largest absolute Gasteiger partial charge is 0.385 e. The van der Waals surface area contributed by atoms with E-state index in [9.17, 15) is 13.2 Å². The van der Waals surface area contributed by atoms with Gasteiger partial charge in [-0.05, 0) is 37.5 Å². The Labute approximate surface area is 158 Å². The fourth-order valence-electron chi connectivity index (χ4n) is 2.76. The van der Waals surface area contributed by atoms with Crippen LogP contribution in [0, 0.1) is 5.92 Å². The van der Waals surface area contributed by atoms with Gasteiger partial charge in [-0.1, -0.05) is 23.2 Å². The van der Waals surface area contributed by atoms with Crippen molar-refractivity contribution in [3.63, 3.8) is 0 Å². The van der Waals surface area contributed by atoms with E-state index < -0.39 is 10.0 Å². The molecule has 0 aliphatic carbocycles. The van der Waals surface area contributed by atoms with Gasteiger partial charge < -0.3 is 10.1 Å². The second kappa shape index (κ2) is 9.19. The first kappa shape index (κ1) is 20.5. The third kappa shape index (κ3) is 5.31. The first-order valence-electron chi connectivity index (χ1n) is 8.08. The molecule has 0 spiro atoms. The smallest absolute Gasteiger partial charge is 0.244 e. The first-order valence-corrected chi connectivity index (χ1v) is 10.3. The fraction of sp³-hybridized carbons (Fsp3) is 0.562. The zero-order valence-electron chi connectivity index (χ0n) is 14.0. The number of hydrogen-bond acceptors (Lipinski definition) is 4. The maximum atomic E-state index is 12.9. The molecule has 140 valence electrons. The second-order valence-corrected chi connectivity index (χ2v) is 8.66. The lowest BCUT2D eigenvalue weighted by Gasteiger charge is -2.31. The second-order valence-electron chi connectivity index (χ2n) is 5.91. The van der Waals surface area contributed by atoms with Crippen molar-refractivity contribution in [1.82, 2.24) is 9.62 Å². The molecule has 0 aromatic heterocycles. The Kier molecular flexibility index (Phi) is 7.51. The molecule has 1 aromatic carbocycles. The molecule has 1 amide bonds. The zero-order valence-corrected chi connectivity index (χ0v) is 16.3. The first-order chi connectivity index (χ1) is 11.9. The summed E-state index contributed by atoms with van der Waals surface area (Å²) in [6.07, 6.45) is 1.99. The van der Waals surface area contributed by atoms with Crippen LogP contribution in [0.2, 0.25) is 10.0 Å². The third-order valence-corrected chi connectivity index (χ3v) is 6.67. The summed E-state index contributed by atoms with van der Waals surface area (Å²) in [7, 11) is -2.19. The highest BCUT2D eigenvalue weighted by Crippen LogP contribution is 2.30. The molecule has 1 aliphatic rings. The van der Waals surface area contributed by atoms with E-state index in [2.05, 4.69) is 5.32 Å². The van der Waals surface area contributed by atoms with Crippen LogP contribution < -0.4 is 5.32 Å². The van der Waals surface area contributed by atoms with Gasteiger partial charge in [0.15, 0.2) is 0 Å². The van der Waals surface area contributed by atoms with Crippen molar-refractivity contribution in [1.29, 1.82) is 0 Å². The Balaban J connectivity index is 2.07. The van der Waals surface area contributed by atoms with Crippen LogP contribution in [0.3, 0.4) is 0 Å². The van der Waals surface area contributed by atoms with E-state index in [0.717, 1.165) is 6.42 Å². The number of rotatable bonds is 7. The van der Waals surface area contributed by atoms with Crippen molar-refractivity contribution >= 4 is 39.1 Å². The summed E-state index contributed by atoms with van der Waals surface area (Å²) in [5.41, 5.74) is 0. The molecule has 1 N–H and O–H groups in total. The van der Waals surface area contributed by atoms with E-state index >= 15 is 0 Å². The van der Waals surface area contributed by atoms with E-state index in [1.807, 2.05) is 0 Å². The standard InChI is InChI=1S/C16H22Cl2N2O4S/c1-24-9-3-7-19-16(21)12-4-2-8-20(11-12)25(22,23)15-10-13(17)5-6-14(15)18/h5-6,10,12H,2-4,7-9,11H2,1H3,(H,19,21). The molecule has 1 unspecified atom stereocenters. The number of nitrogens with zero attached hydrogens (tertiary/aromatic N) is 1.